The van der Waals surface area contributed by atoms with Crippen LogP contribution in [0.3, 0.4) is 0 Å². The van der Waals surface area contributed by atoms with Crippen molar-refractivity contribution in [1.29, 1.82) is 0 Å². The molecule has 3 aliphatic rings. The topological polar surface area (TPSA) is 108 Å². The molecule has 3 aliphatic heterocycles. The number of hydrogen-bond donors (Lipinski definition) is 3. The first-order chi connectivity index (χ1) is 16.3. The van der Waals surface area contributed by atoms with Crippen LogP contribution in [0.15, 0.2) is 18.2 Å². The molecule has 0 aromatic heterocycles. The third-order valence-corrected chi connectivity index (χ3v) is 8.47. The number of carbonyl (C=O) groups excluding carboxylic acids is 3. The minimum absolute atomic E-state index is 0.112. The molecule has 3 amide bonds. The Labute approximate surface area is 208 Å². The molecular formula is C25H34BrN3O5. The zero-order valence-corrected chi connectivity index (χ0v) is 21.6. The number of para-hydroxylation sites is 1. The number of aliphatic hydroxyl groups is 1. The molecule has 34 heavy (non-hydrogen) atoms. The Kier molecular flexibility index (Phi) is 7.36. The Morgan fingerprint density at radius 1 is 1.18 bits per heavy atom. The zero-order chi connectivity index (χ0) is 24.6. The van der Waals surface area contributed by atoms with Gasteiger partial charge in [0.05, 0.1) is 17.9 Å². The number of anilines is 1. The Morgan fingerprint density at radius 2 is 1.85 bits per heavy atom. The number of unbranched alkanes of at least 4 members (excludes halogenated alkanes) is 3. The SMILES string of the molecule is CNC(=O)[C@H]1[C@H]2C(=O)N(CCCCCCO)C(C(=O)Nc3c(C)cccc3C)C23CC(Br)[C@@H]1O3. The molecular weight excluding hydrogens is 502 g/mol. The van der Waals surface area contributed by atoms with Gasteiger partial charge < -0.3 is 25.4 Å². The van der Waals surface area contributed by atoms with Crippen molar-refractivity contribution in [3.8, 4) is 0 Å². The minimum atomic E-state index is -1.04. The fourth-order valence-electron chi connectivity index (χ4n) is 6.09. The number of aliphatic hydroxyl groups excluding tert-OH is 1. The van der Waals surface area contributed by atoms with E-state index in [1.165, 1.54) is 0 Å². The van der Waals surface area contributed by atoms with E-state index < -0.39 is 29.6 Å². The fraction of sp³-hybridized carbons (Fsp3) is 0.640. The van der Waals surface area contributed by atoms with Gasteiger partial charge in [-0.2, -0.15) is 0 Å². The van der Waals surface area contributed by atoms with Crippen LogP contribution >= 0.6 is 15.9 Å². The lowest BCUT2D eigenvalue weighted by atomic mass is 9.70. The second-order valence-corrected chi connectivity index (χ2v) is 10.9. The van der Waals surface area contributed by atoms with E-state index >= 15 is 0 Å². The summed E-state index contributed by atoms with van der Waals surface area (Å²) in [4.78, 5) is 42.0. The van der Waals surface area contributed by atoms with E-state index in [2.05, 4.69) is 26.6 Å². The monoisotopic (exact) mass is 535 g/mol. The first kappa shape index (κ1) is 25.1. The molecule has 3 unspecified atom stereocenters. The lowest BCUT2D eigenvalue weighted by molar-refractivity contribution is -0.140. The first-order valence-corrected chi connectivity index (χ1v) is 13.0. The Morgan fingerprint density at radius 3 is 2.50 bits per heavy atom. The molecule has 2 bridgehead atoms. The van der Waals surface area contributed by atoms with Gasteiger partial charge in [-0.25, -0.2) is 0 Å². The van der Waals surface area contributed by atoms with E-state index in [1.54, 1.807) is 11.9 Å². The quantitative estimate of drug-likeness (QED) is 0.332. The summed E-state index contributed by atoms with van der Waals surface area (Å²) in [6.07, 6.45) is 3.18. The number of alkyl halides is 1. The molecule has 0 radical (unpaired) electrons. The normalized spacial score (nSPS) is 31.6. The van der Waals surface area contributed by atoms with Crippen LogP contribution in [-0.4, -0.2) is 70.5 Å². The summed E-state index contributed by atoms with van der Waals surface area (Å²) in [7, 11) is 1.56. The maximum absolute atomic E-state index is 13.9. The van der Waals surface area contributed by atoms with Crippen molar-refractivity contribution in [2.75, 3.05) is 25.5 Å². The fourth-order valence-corrected chi connectivity index (χ4v) is 7.03. The molecule has 4 rings (SSSR count). The third kappa shape index (κ3) is 4.05. The molecule has 1 spiro atoms. The number of nitrogens with one attached hydrogen (secondary N) is 2. The van der Waals surface area contributed by atoms with Gasteiger partial charge in [-0.3, -0.25) is 14.4 Å². The van der Waals surface area contributed by atoms with E-state index in [0.717, 1.165) is 29.7 Å². The molecule has 186 valence electrons. The van der Waals surface area contributed by atoms with Crippen molar-refractivity contribution in [3.05, 3.63) is 29.3 Å². The van der Waals surface area contributed by atoms with Gasteiger partial charge in [0.2, 0.25) is 17.7 Å². The number of nitrogens with zero attached hydrogens (tertiary/aromatic N) is 1. The Balaban J connectivity index is 1.67. The number of rotatable bonds is 9. The lowest BCUT2D eigenvalue weighted by Crippen LogP contribution is -2.54. The molecule has 8 nitrogen and oxygen atoms in total. The van der Waals surface area contributed by atoms with Crippen molar-refractivity contribution in [2.45, 2.75) is 68.5 Å². The highest BCUT2D eigenvalue weighted by Crippen LogP contribution is 2.60. The summed E-state index contributed by atoms with van der Waals surface area (Å²) >= 11 is 3.66. The highest BCUT2D eigenvalue weighted by Gasteiger charge is 2.76. The van der Waals surface area contributed by atoms with Crippen molar-refractivity contribution in [3.63, 3.8) is 0 Å². The largest absolute Gasteiger partial charge is 0.396 e. The van der Waals surface area contributed by atoms with E-state index in [1.807, 2.05) is 32.0 Å². The molecule has 3 heterocycles. The second-order valence-electron chi connectivity index (χ2n) is 9.70. The van der Waals surface area contributed by atoms with Crippen molar-refractivity contribution in [2.24, 2.45) is 11.8 Å². The molecule has 1 aromatic carbocycles. The second kappa shape index (κ2) is 9.95. The predicted molar refractivity (Wildman–Crippen MR) is 132 cm³/mol. The van der Waals surface area contributed by atoms with E-state index in [4.69, 9.17) is 9.84 Å². The van der Waals surface area contributed by atoms with E-state index in [-0.39, 0.29) is 29.2 Å². The van der Waals surface area contributed by atoms with E-state index in [9.17, 15) is 14.4 Å². The number of ether oxygens (including phenoxy) is 1. The molecule has 1 aromatic rings. The van der Waals surface area contributed by atoms with Crippen LogP contribution in [0.1, 0.15) is 43.2 Å². The van der Waals surface area contributed by atoms with Crippen LogP contribution in [0.2, 0.25) is 0 Å². The summed E-state index contributed by atoms with van der Waals surface area (Å²) in [5, 5.41) is 14.8. The van der Waals surface area contributed by atoms with Crippen LogP contribution in [-0.2, 0) is 19.1 Å². The average Bonchev–Trinajstić information content (AvgIpc) is 3.39. The summed E-state index contributed by atoms with van der Waals surface area (Å²) < 4.78 is 6.45. The number of carbonyl (C=O) groups is 3. The Hall–Kier alpha value is -1.97. The smallest absolute Gasteiger partial charge is 0.250 e. The lowest BCUT2D eigenvalue weighted by Gasteiger charge is -2.34. The molecule has 3 N–H and O–H groups in total. The summed E-state index contributed by atoms with van der Waals surface area (Å²) in [5.74, 6) is -2.00. The van der Waals surface area contributed by atoms with Gasteiger partial charge >= 0.3 is 0 Å². The highest BCUT2D eigenvalue weighted by atomic mass is 79.9. The molecule has 3 fully saturated rings. The maximum atomic E-state index is 13.9. The molecule has 6 atom stereocenters. The van der Waals surface area contributed by atoms with Gasteiger partial charge in [0.15, 0.2) is 0 Å². The summed E-state index contributed by atoms with van der Waals surface area (Å²) in [6, 6.07) is 5.01. The standard InChI is InChI=1S/C25H34BrN3O5/c1-14-9-8-10-15(2)19(14)28-23(32)21-25-13-16(26)20(34-25)17(22(31)27-3)18(25)24(33)29(21)11-6-4-5-7-12-30/h8-10,16-18,20-21,30H,4-7,11-13H2,1-3H3,(H,27,31)(H,28,32)/t16?,17-,18-,20-,21?,25?/m0/s1. The number of likely N-dealkylation sites (tertiary alicyclic amines) is 1. The minimum Gasteiger partial charge on any atom is -0.396 e. The molecule has 0 aliphatic carbocycles. The van der Waals surface area contributed by atoms with Gasteiger partial charge in [-0.1, -0.05) is 47.0 Å². The number of aryl methyl sites for hydroxylation is 2. The molecule has 0 saturated carbocycles. The molecule has 9 heteroatoms. The average molecular weight is 536 g/mol. The number of fused-ring (bicyclic) bond motifs is 1. The summed E-state index contributed by atoms with van der Waals surface area (Å²) in [5.41, 5.74) is 1.59. The first-order valence-electron chi connectivity index (χ1n) is 12.1. The van der Waals surface area contributed by atoms with Crippen molar-refractivity contribution in [1.82, 2.24) is 10.2 Å². The number of amides is 3. The van der Waals surface area contributed by atoms with Crippen molar-refractivity contribution < 1.29 is 24.2 Å². The van der Waals surface area contributed by atoms with Crippen molar-refractivity contribution >= 4 is 39.3 Å². The number of hydrogen-bond acceptors (Lipinski definition) is 5. The van der Waals surface area contributed by atoms with Crippen LogP contribution < -0.4 is 10.6 Å². The van der Waals surface area contributed by atoms with Crippen LogP contribution in [0, 0.1) is 25.7 Å². The van der Waals surface area contributed by atoms with E-state index in [0.29, 0.717) is 25.8 Å². The predicted octanol–water partition coefficient (Wildman–Crippen LogP) is 2.29. The van der Waals surface area contributed by atoms with Gasteiger partial charge in [0.25, 0.3) is 0 Å². The number of halogens is 1. The summed E-state index contributed by atoms with van der Waals surface area (Å²) in [6.45, 7) is 4.44. The third-order valence-electron chi connectivity index (χ3n) is 7.62. The van der Waals surface area contributed by atoms with Gasteiger partial charge in [0, 0.05) is 30.7 Å². The van der Waals surface area contributed by atoms with Gasteiger partial charge in [0.1, 0.15) is 11.6 Å². The van der Waals surface area contributed by atoms with Gasteiger partial charge in [-0.15, -0.1) is 0 Å². The maximum Gasteiger partial charge on any atom is 0.250 e. The van der Waals surface area contributed by atoms with Gasteiger partial charge in [-0.05, 0) is 44.2 Å². The molecule has 3 saturated heterocycles. The van der Waals surface area contributed by atoms with Crippen LogP contribution in [0.5, 0.6) is 0 Å². The van der Waals surface area contributed by atoms with Crippen LogP contribution in [0.4, 0.5) is 5.69 Å². The van der Waals surface area contributed by atoms with Crippen LogP contribution in [0.25, 0.3) is 0 Å². The highest BCUT2D eigenvalue weighted by molar-refractivity contribution is 9.09. The zero-order valence-electron chi connectivity index (χ0n) is 20.0. The number of benzene rings is 1. The Bertz CT molecular complexity index is 952.